The van der Waals surface area contributed by atoms with Crippen LogP contribution in [0.4, 0.5) is 10.5 Å². The minimum absolute atomic E-state index is 0.161. The van der Waals surface area contributed by atoms with Gasteiger partial charge >= 0.3 is 12.0 Å². The fourth-order valence-corrected chi connectivity index (χ4v) is 1.60. The van der Waals surface area contributed by atoms with Gasteiger partial charge in [0.1, 0.15) is 0 Å². The number of urea groups is 1. The molecule has 1 aromatic heterocycles. The lowest BCUT2D eigenvalue weighted by molar-refractivity contribution is 0.0697. The van der Waals surface area contributed by atoms with Crippen LogP contribution in [0.25, 0.3) is 0 Å². The number of carboxylic acids is 1. The van der Waals surface area contributed by atoms with Gasteiger partial charge < -0.3 is 20.3 Å². The molecule has 1 heterocycles. The van der Waals surface area contributed by atoms with Crippen LogP contribution in [0.2, 0.25) is 0 Å². The minimum atomic E-state index is -1.01. The second kappa shape index (κ2) is 6.51. The van der Waals surface area contributed by atoms with Crippen LogP contribution < -0.4 is 10.6 Å². The molecular formula is C13H14N4O4. The monoisotopic (exact) mass is 290 g/mol. The number of amides is 2. The average Bonchev–Trinajstić information content (AvgIpc) is 2.85. The average molecular weight is 290 g/mol. The molecule has 21 heavy (non-hydrogen) atoms. The Morgan fingerprint density at radius 2 is 2.00 bits per heavy atom. The molecule has 2 aromatic rings. The third-order valence-corrected chi connectivity index (χ3v) is 2.59. The summed E-state index contributed by atoms with van der Waals surface area (Å²) in [5.74, 6) is -0.00649. The summed E-state index contributed by atoms with van der Waals surface area (Å²) in [7, 11) is 0. The number of hydrogen-bond donors (Lipinski definition) is 3. The smallest absolute Gasteiger partial charge is 0.335 e. The molecule has 1 aromatic carbocycles. The number of aryl methyl sites for hydroxylation is 1. The summed E-state index contributed by atoms with van der Waals surface area (Å²) in [5.41, 5.74) is 0.668. The van der Waals surface area contributed by atoms with Gasteiger partial charge in [0.2, 0.25) is 5.89 Å². The van der Waals surface area contributed by atoms with Crippen LogP contribution in [-0.4, -0.2) is 33.8 Å². The Hall–Kier alpha value is -2.90. The lowest BCUT2D eigenvalue weighted by Crippen LogP contribution is -2.30. The van der Waals surface area contributed by atoms with E-state index in [4.69, 9.17) is 9.63 Å². The van der Waals surface area contributed by atoms with Gasteiger partial charge in [-0.2, -0.15) is 4.98 Å². The number of benzene rings is 1. The molecule has 0 bridgehead atoms. The Bertz CT molecular complexity index is 636. The summed E-state index contributed by atoms with van der Waals surface area (Å²) in [6, 6.07) is 5.48. The van der Waals surface area contributed by atoms with Gasteiger partial charge in [0, 0.05) is 25.6 Å². The maximum Gasteiger partial charge on any atom is 0.335 e. The number of rotatable bonds is 5. The molecule has 110 valence electrons. The van der Waals surface area contributed by atoms with Crippen molar-refractivity contribution in [2.24, 2.45) is 0 Å². The van der Waals surface area contributed by atoms with Crippen LogP contribution in [0, 0.1) is 6.92 Å². The first-order valence-electron chi connectivity index (χ1n) is 6.22. The van der Waals surface area contributed by atoms with Crippen molar-refractivity contribution >= 4 is 17.7 Å². The molecule has 2 amide bonds. The predicted molar refractivity (Wildman–Crippen MR) is 73.2 cm³/mol. The molecule has 0 aliphatic heterocycles. The highest BCUT2D eigenvalue weighted by molar-refractivity contribution is 5.91. The zero-order chi connectivity index (χ0) is 15.2. The van der Waals surface area contributed by atoms with E-state index in [0.717, 1.165) is 0 Å². The van der Waals surface area contributed by atoms with Gasteiger partial charge in [0.25, 0.3) is 0 Å². The fraction of sp³-hybridized carbons (Fsp3) is 0.231. The number of hydrogen-bond acceptors (Lipinski definition) is 5. The van der Waals surface area contributed by atoms with E-state index in [-0.39, 0.29) is 5.56 Å². The molecule has 2 rings (SSSR count). The van der Waals surface area contributed by atoms with E-state index in [0.29, 0.717) is 30.4 Å². The zero-order valence-corrected chi connectivity index (χ0v) is 11.3. The van der Waals surface area contributed by atoms with Gasteiger partial charge in [-0.3, -0.25) is 0 Å². The van der Waals surface area contributed by atoms with Gasteiger partial charge in [-0.25, -0.2) is 9.59 Å². The Morgan fingerprint density at radius 1 is 1.29 bits per heavy atom. The van der Waals surface area contributed by atoms with Crippen molar-refractivity contribution in [2.75, 3.05) is 11.9 Å². The number of nitrogens with zero attached hydrogens (tertiary/aromatic N) is 2. The van der Waals surface area contributed by atoms with Crippen molar-refractivity contribution < 1.29 is 19.2 Å². The number of aromatic carboxylic acids is 1. The van der Waals surface area contributed by atoms with Gasteiger partial charge in [-0.15, -0.1) is 0 Å². The second-order valence-electron chi connectivity index (χ2n) is 4.24. The van der Waals surface area contributed by atoms with Crippen LogP contribution in [0.15, 0.2) is 28.8 Å². The zero-order valence-electron chi connectivity index (χ0n) is 11.3. The molecule has 0 atom stereocenters. The molecular weight excluding hydrogens is 276 g/mol. The normalized spacial score (nSPS) is 10.1. The molecule has 0 unspecified atom stereocenters. The standard InChI is InChI=1S/C13H14N4O4/c1-8-15-11(17-21-8)6-7-14-13(20)16-10-4-2-9(3-5-10)12(18)19/h2-5H,6-7H2,1H3,(H,18,19)(H2,14,16,20). The van der Waals surface area contributed by atoms with Crippen molar-refractivity contribution in [2.45, 2.75) is 13.3 Å². The highest BCUT2D eigenvalue weighted by Crippen LogP contribution is 2.09. The molecule has 8 heteroatoms. The third kappa shape index (κ3) is 4.30. The summed E-state index contributed by atoms with van der Waals surface area (Å²) in [6.45, 7) is 2.05. The summed E-state index contributed by atoms with van der Waals surface area (Å²) < 4.78 is 4.81. The van der Waals surface area contributed by atoms with E-state index in [1.807, 2.05) is 0 Å². The van der Waals surface area contributed by atoms with Gasteiger partial charge in [0.05, 0.1) is 5.56 Å². The number of nitrogens with one attached hydrogen (secondary N) is 2. The first-order valence-corrected chi connectivity index (χ1v) is 6.22. The van der Waals surface area contributed by atoms with E-state index in [1.54, 1.807) is 6.92 Å². The first-order chi connectivity index (χ1) is 10.0. The molecule has 0 saturated heterocycles. The number of carbonyl (C=O) groups excluding carboxylic acids is 1. The molecule has 0 spiro atoms. The van der Waals surface area contributed by atoms with Crippen molar-refractivity contribution in [1.29, 1.82) is 0 Å². The van der Waals surface area contributed by atoms with Crippen molar-refractivity contribution in [3.63, 3.8) is 0 Å². The van der Waals surface area contributed by atoms with E-state index in [2.05, 4.69) is 20.8 Å². The van der Waals surface area contributed by atoms with Gasteiger partial charge in [-0.05, 0) is 24.3 Å². The number of aromatic nitrogens is 2. The quantitative estimate of drug-likeness (QED) is 0.767. The van der Waals surface area contributed by atoms with E-state index in [1.165, 1.54) is 24.3 Å². The highest BCUT2D eigenvalue weighted by atomic mass is 16.5. The topological polar surface area (TPSA) is 117 Å². The van der Waals surface area contributed by atoms with Crippen LogP contribution in [0.1, 0.15) is 22.1 Å². The Morgan fingerprint density at radius 3 is 2.57 bits per heavy atom. The molecule has 0 saturated carbocycles. The highest BCUT2D eigenvalue weighted by Gasteiger charge is 2.06. The SMILES string of the molecule is Cc1nc(CCNC(=O)Nc2ccc(C(=O)O)cc2)no1. The Labute approximate surface area is 120 Å². The molecule has 3 N–H and O–H groups in total. The maximum absolute atomic E-state index is 11.6. The molecule has 0 aliphatic carbocycles. The van der Waals surface area contributed by atoms with Gasteiger partial charge in [0.15, 0.2) is 5.82 Å². The fourth-order valence-electron chi connectivity index (χ4n) is 1.60. The van der Waals surface area contributed by atoms with Crippen molar-refractivity contribution in [3.8, 4) is 0 Å². The molecule has 0 aliphatic rings. The molecule has 0 fully saturated rings. The van der Waals surface area contributed by atoms with Crippen LogP contribution >= 0.6 is 0 Å². The molecule has 0 radical (unpaired) electrons. The van der Waals surface area contributed by atoms with Crippen molar-refractivity contribution in [1.82, 2.24) is 15.5 Å². The van der Waals surface area contributed by atoms with Crippen LogP contribution in [0.3, 0.4) is 0 Å². The summed E-state index contributed by atoms with van der Waals surface area (Å²) in [6.07, 6.45) is 0.461. The van der Waals surface area contributed by atoms with E-state index >= 15 is 0 Å². The summed E-state index contributed by atoms with van der Waals surface area (Å²) in [4.78, 5) is 26.3. The van der Waals surface area contributed by atoms with Gasteiger partial charge in [-0.1, -0.05) is 5.16 Å². The summed E-state index contributed by atoms with van der Waals surface area (Å²) in [5, 5.41) is 17.7. The predicted octanol–water partition coefficient (Wildman–Crippen LogP) is 1.44. The lowest BCUT2D eigenvalue weighted by Gasteiger charge is -2.06. The lowest BCUT2D eigenvalue weighted by atomic mass is 10.2. The van der Waals surface area contributed by atoms with Crippen LogP contribution in [0.5, 0.6) is 0 Å². The van der Waals surface area contributed by atoms with E-state index < -0.39 is 12.0 Å². The molecule has 8 nitrogen and oxygen atoms in total. The Kier molecular flexibility index (Phi) is 4.50. The Balaban J connectivity index is 1.77. The van der Waals surface area contributed by atoms with E-state index in [9.17, 15) is 9.59 Å². The first kappa shape index (κ1) is 14.5. The third-order valence-electron chi connectivity index (χ3n) is 2.59. The number of carboxylic acid groups (broad SMARTS) is 1. The van der Waals surface area contributed by atoms with Crippen LogP contribution in [-0.2, 0) is 6.42 Å². The maximum atomic E-state index is 11.6. The largest absolute Gasteiger partial charge is 0.478 e. The number of carbonyl (C=O) groups is 2. The minimum Gasteiger partial charge on any atom is -0.478 e. The second-order valence-corrected chi connectivity index (χ2v) is 4.24. The summed E-state index contributed by atoms with van der Waals surface area (Å²) >= 11 is 0. The van der Waals surface area contributed by atoms with Crippen molar-refractivity contribution in [3.05, 3.63) is 41.5 Å². The number of anilines is 1.